The maximum atomic E-state index is 9.39. The molecule has 0 radical (unpaired) electrons. The summed E-state index contributed by atoms with van der Waals surface area (Å²) < 4.78 is 0. The maximum absolute atomic E-state index is 9.39. The molecular weight excluding hydrogens is 306 g/mol. The number of phenolic OH excluding ortho intramolecular Hbond substituents is 1. The standard InChI is InChI=1S/C18H25N3OS/c1-18(2,3)17-19-14(13-23-17)12-20-8-10-21(11-9-20)15-4-6-16(22)7-5-15/h4-7,13,22H,8-12H2,1-3H3. The van der Waals surface area contributed by atoms with Crippen molar-refractivity contribution in [1.82, 2.24) is 9.88 Å². The Balaban J connectivity index is 1.55. The summed E-state index contributed by atoms with van der Waals surface area (Å²) in [5.41, 5.74) is 2.52. The van der Waals surface area contributed by atoms with E-state index in [1.54, 1.807) is 23.5 Å². The number of nitrogens with zero attached hydrogens (tertiary/aromatic N) is 3. The zero-order chi connectivity index (χ0) is 16.4. The van der Waals surface area contributed by atoms with E-state index in [0.717, 1.165) is 32.7 Å². The Bertz CT molecular complexity index is 637. The van der Waals surface area contributed by atoms with Crippen molar-refractivity contribution in [3.8, 4) is 5.75 Å². The number of rotatable bonds is 3. The summed E-state index contributed by atoms with van der Waals surface area (Å²) in [5, 5.41) is 12.8. The minimum Gasteiger partial charge on any atom is -0.508 e. The van der Waals surface area contributed by atoms with Crippen molar-refractivity contribution >= 4 is 17.0 Å². The molecular formula is C18H25N3OS. The SMILES string of the molecule is CC(C)(C)c1nc(CN2CCN(c3ccc(O)cc3)CC2)cs1. The molecule has 0 saturated carbocycles. The fourth-order valence-electron chi connectivity index (χ4n) is 2.78. The van der Waals surface area contributed by atoms with Crippen LogP contribution in [-0.4, -0.2) is 41.2 Å². The second-order valence-corrected chi connectivity index (χ2v) is 8.03. The highest BCUT2D eigenvalue weighted by Gasteiger charge is 2.21. The van der Waals surface area contributed by atoms with Crippen molar-refractivity contribution < 1.29 is 5.11 Å². The van der Waals surface area contributed by atoms with Gasteiger partial charge >= 0.3 is 0 Å². The summed E-state index contributed by atoms with van der Waals surface area (Å²) in [6.07, 6.45) is 0. The highest BCUT2D eigenvalue weighted by molar-refractivity contribution is 7.09. The summed E-state index contributed by atoms with van der Waals surface area (Å²) in [6, 6.07) is 7.48. The molecule has 2 heterocycles. The van der Waals surface area contributed by atoms with Crippen LogP contribution in [0, 0.1) is 0 Å². The van der Waals surface area contributed by atoms with Gasteiger partial charge in [-0.15, -0.1) is 11.3 Å². The number of hydrogen-bond donors (Lipinski definition) is 1. The fraction of sp³-hybridized carbons (Fsp3) is 0.500. The first-order valence-corrected chi connectivity index (χ1v) is 9.01. The van der Waals surface area contributed by atoms with Crippen molar-refractivity contribution in [2.75, 3.05) is 31.1 Å². The fourth-order valence-corrected chi connectivity index (χ4v) is 3.68. The van der Waals surface area contributed by atoms with E-state index in [1.165, 1.54) is 16.4 Å². The zero-order valence-corrected chi connectivity index (χ0v) is 14.9. The molecule has 4 nitrogen and oxygen atoms in total. The number of hydrogen-bond acceptors (Lipinski definition) is 5. The van der Waals surface area contributed by atoms with Gasteiger partial charge in [0.2, 0.25) is 0 Å². The van der Waals surface area contributed by atoms with Crippen molar-refractivity contribution in [2.45, 2.75) is 32.7 Å². The van der Waals surface area contributed by atoms with Gasteiger partial charge in [0.05, 0.1) is 10.7 Å². The normalized spacial score (nSPS) is 16.7. The summed E-state index contributed by atoms with van der Waals surface area (Å²) in [6.45, 7) is 11.7. The number of aromatic nitrogens is 1. The molecule has 5 heteroatoms. The third kappa shape index (κ3) is 4.03. The molecule has 1 saturated heterocycles. The molecule has 1 aromatic heterocycles. The minimum absolute atomic E-state index is 0.139. The van der Waals surface area contributed by atoms with Gasteiger partial charge in [-0.05, 0) is 24.3 Å². The number of benzene rings is 1. The quantitative estimate of drug-likeness (QED) is 0.935. The minimum atomic E-state index is 0.139. The lowest BCUT2D eigenvalue weighted by atomic mass is 9.98. The summed E-state index contributed by atoms with van der Waals surface area (Å²) in [5.74, 6) is 0.325. The van der Waals surface area contributed by atoms with Crippen molar-refractivity contribution in [1.29, 1.82) is 0 Å². The second kappa shape index (κ2) is 6.49. The largest absolute Gasteiger partial charge is 0.508 e. The Hall–Kier alpha value is -1.59. The molecule has 0 spiro atoms. The van der Waals surface area contributed by atoms with E-state index in [9.17, 15) is 5.11 Å². The van der Waals surface area contributed by atoms with Gasteiger partial charge in [0, 0.05) is 49.2 Å². The number of phenols is 1. The van der Waals surface area contributed by atoms with Gasteiger partial charge in [-0.2, -0.15) is 0 Å². The van der Waals surface area contributed by atoms with Crippen LogP contribution < -0.4 is 4.90 Å². The van der Waals surface area contributed by atoms with Crippen LogP contribution in [0.5, 0.6) is 5.75 Å². The third-order valence-electron chi connectivity index (χ3n) is 4.17. The predicted molar refractivity (Wildman–Crippen MR) is 96.4 cm³/mol. The molecule has 2 aromatic rings. The van der Waals surface area contributed by atoms with Crippen LogP contribution in [0.4, 0.5) is 5.69 Å². The molecule has 1 aliphatic heterocycles. The Kier molecular flexibility index (Phi) is 4.60. The van der Waals surface area contributed by atoms with Gasteiger partial charge in [0.25, 0.3) is 0 Å². The summed E-state index contributed by atoms with van der Waals surface area (Å²) >= 11 is 1.77. The molecule has 1 N–H and O–H groups in total. The van der Waals surface area contributed by atoms with E-state index >= 15 is 0 Å². The van der Waals surface area contributed by atoms with Gasteiger partial charge in [-0.1, -0.05) is 20.8 Å². The van der Waals surface area contributed by atoms with E-state index in [0.29, 0.717) is 5.75 Å². The lowest BCUT2D eigenvalue weighted by Gasteiger charge is -2.35. The first-order valence-electron chi connectivity index (χ1n) is 8.13. The molecule has 23 heavy (non-hydrogen) atoms. The van der Waals surface area contributed by atoms with E-state index in [1.807, 2.05) is 12.1 Å². The summed E-state index contributed by atoms with van der Waals surface area (Å²) in [4.78, 5) is 9.64. The van der Waals surface area contributed by atoms with Crippen LogP contribution in [-0.2, 0) is 12.0 Å². The monoisotopic (exact) mass is 331 g/mol. The molecule has 1 fully saturated rings. The van der Waals surface area contributed by atoms with E-state index in [2.05, 4.69) is 36.0 Å². The van der Waals surface area contributed by atoms with Gasteiger partial charge in [-0.25, -0.2) is 4.98 Å². The molecule has 1 aromatic carbocycles. The molecule has 0 bridgehead atoms. The highest BCUT2D eigenvalue weighted by Crippen LogP contribution is 2.26. The third-order valence-corrected chi connectivity index (χ3v) is 5.48. The lowest BCUT2D eigenvalue weighted by molar-refractivity contribution is 0.247. The lowest BCUT2D eigenvalue weighted by Crippen LogP contribution is -2.46. The van der Waals surface area contributed by atoms with Crippen LogP contribution >= 0.6 is 11.3 Å². The molecule has 0 aliphatic carbocycles. The number of anilines is 1. The van der Waals surface area contributed by atoms with Crippen molar-refractivity contribution in [3.63, 3.8) is 0 Å². The average molecular weight is 331 g/mol. The van der Waals surface area contributed by atoms with E-state index < -0.39 is 0 Å². The second-order valence-electron chi connectivity index (χ2n) is 7.17. The number of thiazole rings is 1. The molecule has 1 aliphatic rings. The zero-order valence-electron chi connectivity index (χ0n) is 14.1. The maximum Gasteiger partial charge on any atom is 0.115 e. The van der Waals surface area contributed by atoms with Crippen LogP contribution in [0.25, 0.3) is 0 Å². The first-order chi connectivity index (χ1) is 10.9. The molecule has 0 unspecified atom stereocenters. The smallest absolute Gasteiger partial charge is 0.115 e. The number of aromatic hydroxyl groups is 1. The van der Waals surface area contributed by atoms with E-state index in [4.69, 9.17) is 4.98 Å². The predicted octanol–water partition coefficient (Wildman–Crippen LogP) is 3.47. The van der Waals surface area contributed by atoms with Crippen LogP contribution in [0.3, 0.4) is 0 Å². The van der Waals surface area contributed by atoms with Crippen LogP contribution in [0.15, 0.2) is 29.6 Å². The summed E-state index contributed by atoms with van der Waals surface area (Å²) in [7, 11) is 0. The molecule has 0 amide bonds. The van der Waals surface area contributed by atoms with Gasteiger partial charge in [0.1, 0.15) is 5.75 Å². The first kappa shape index (κ1) is 16.3. The van der Waals surface area contributed by atoms with Crippen LogP contribution in [0.1, 0.15) is 31.5 Å². The van der Waals surface area contributed by atoms with E-state index in [-0.39, 0.29) is 5.41 Å². The number of piperazine rings is 1. The topological polar surface area (TPSA) is 39.6 Å². The average Bonchev–Trinajstić information content (AvgIpc) is 2.98. The van der Waals surface area contributed by atoms with Crippen molar-refractivity contribution in [3.05, 3.63) is 40.3 Å². The Labute approximate surface area is 142 Å². The van der Waals surface area contributed by atoms with Gasteiger partial charge in [0.15, 0.2) is 0 Å². The van der Waals surface area contributed by atoms with Crippen LogP contribution in [0.2, 0.25) is 0 Å². The molecule has 124 valence electrons. The molecule has 0 atom stereocenters. The Morgan fingerprint density at radius 2 is 1.74 bits per heavy atom. The van der Waals surface area contributed by atoms with Crippen molar-refractivity contribution in [2.24, 2.45) is 0 Å². The van der Waals surface area contributed by atoms with Gasteiger partial charge in [-0.3, -0.25) is 4.90 Å². The Morgan fingerprint density at radius 3 is 2.30 bits per heavy atom. The Morgan fingerprint density at radius 1 is 1.09 bits per heavy atom. The molecule has 3 rings (SSSR count). The highest BCUT2D eigenvalue weighted by atomic mass is 32.1. The van der Waals surface area contributed by atoms with Gasteiger partial charge < -0.3 is 10.0 Å².